The SMILES string of the molecule is COc1cccc(N2C(=O)CSC2c2cccc(NC(=O)CCc3ccccc3)c2)c1. The molecule has 0 aliphatic carbocycles. The van der Waals surface area contributed by atoms with Crippen molar-refractivity contribution < 1.29 is 14.3 Å². The van der Waals surface area contributed by atoms with Crippen LogP contribution in [0.5, 0.6) is 5.75 Å². The highest BCUT2D eigenvalue weighted by Crippen LogP contribution is 2.42. The minimum Gasteiger partial charge on any atom is -0.497 e. The molecular weight excluding hydrogens is 408 g/mol. The summed E-state index contributed by atoms with van der Waals surface area (Å²) in [6.45, 7) is 0. The Morgan fingerprint density at radius 2 is 1.87 bits per heavy atom. The highest BCUT2D eigenvalue weighted by molar-refractivity contribution is 8.00. The number of amides is 2. The van der Waals surface area contributed by atoms with Crippen molar-refractivity contribution in [3.8, 4) is 5.75 Å². The molecule has 1 aliphatic rings. The number of aryl methyl sites for hydroxylation is 1. The average molecular weight is 433 g/mol. The lowest BCUT2D eigenvalue weighted by Gasteiger charge is -2.25. The molecule has 158 valence electrons. The number of thioether (sulfide) groups is 1. The molecule has 31 heavy (non-hydrogen) atoms. The Bertz CT molecular complexity index is 1070. The number of anilines is 2. The summed E-state index contributed by atoms with van der Waals surface area (Å²) in [6.07, 6.45) is 1.11. The van der Waals surface area contributed by atoms with Crippen LogP contribution in [-0.4, -0.2) is 24.7 Å². The van der Waals surface area contributed by atoms with E-state index in [1.807, 2.05) is 78.9 Å². The lowest BCUT2D eigenvalue weighted by molar-refractivity contribution is -0.116. The van der Waals surface area contributed by atoms with Gasteiger partial charge in [0.05, 0.1) is 12.9 Å². The van der Waals surface area contributed by atoms with Crippen molar-refractivity contribution in [2.75, 3.05) is 23.1 Å². The second-order valence-electron chi connectivity index (χ2n) is 7.29. The number of hydrogen-bond acceptors (Lipinski definition) is 4. The first-order chi connectivity index (χ1) is 15.1. The van der Waals surface area contributed by atoms with Crippen LogP contribution >= 0.6 is 11.8 Å². The van der Waals surface area contributed by atoms with E-state index in [1.54, 1.807) is 23.8 Å². The van der Waals surface area contributed by atoms with E-state index in [0.717, 1.165) is 22.5 Å². The Balaban J connectivity index is 1.47. The summed E-state index contributed by atoms with van der Waals surface area (Å²) < 4.78 is 5.32. The van der Waals surface area contributed by atoms with Gasteiger partial charge < -0.3 is 10.1 Å². The van der Waals surface area contributed by atoms with E-state index in [9.17, 15) is 9.59 Å². The molecule has 0 bridgehead atoms. The molecule has 1 unspecified atom stereocenters. The predicted octanol–water partition coefficient (Wildman–Crippen LogP) is 5.05. The smallest absolute Gasteiger partial charge is 0.238 e. The summed E-state index contributed by atoms with van der Waals surface area (Å²) in [4.78, 5) is 26.9. The predicted molar refractivity (Wildman–Crippen MR) is 126 cm³/mol. The molecule has 5 nitrogen and oxygen atoms in total. The Morgan fingerprint density at radius 3 is 2.68 bits per heavy atom. The molecule has 3 aromatic carbocycles. The Hall–Kier alpha value is -3.25. The molecule has 1 N–H and O–H groups in total. The number of benzene rings is 3. The summed E-state index contributed by atoms with van der Waals surface area (Å²) in [5, 5.41) is 2.84. The first kappa shape index (κ1) is 21.0. The van der Waals surface area contributed by atoms with Crippen LogP contribution in [0.25, 0.3) is 0 Å². The largest absolute Gasteiger partial charge is 0.497 e. The monoisotopic (exact) mass is 432 g/mol. The van der Waals surface area contributed by atoms with Gasteiger partial charge in [-0.25, -0.2) is 0 Å². The van der Waals surface area contributed by atoms with Gasteiger partial charge in [-0.15, -0.1) is 11.8 Å². The molecule has 2 amide bonds. The number of nitrogens with zero attached hydrogens (tertiary/aromatic N) is 1. The van der Waals surface area contributed by atoms with E-state index in [-0.39, 0.29) is 17.2 Å². The van der Waals surface area contributed by atoms with E-state index in [2.05, 4.69) is 5.32 Å². The van der Waals surface area contributed by atoms with Crippen LogP contribution in [0.3, 0.4) is 0 Å². The quantitative estimate of drug-likeness (QED) is 0.568. The normalized spacial score (nSPS) is 15.7. The molecule has 6 heteroatoms. The van der Waals surface area contributed by atoms with Crippen molar-refractivity contribution >= 4 is 35.0 Å². The van der Waals surface area contributed by atoms with Gasteiger partial charge >= 0.3 is 0 Å². The zero-order valence-electron chi connectivity index (χ0n) is 17.3. The van der Waals surface area contributed by atoms with Gasteiger partial charge in [-0.3, -0.25) is 14.5 Å². The van der Waals surface area contributed by atoms with Gasteiger partial charge in [-0.1, -0.05) is 48.5 Å². The first-order valence-corrected chi connectivity index (χ1v) is 11.2. The molecule has 1 fully saturated rings. The Kier molecular flexibility index (Phi) is 6.57. The van der Waals surface area contributed by atoms with Gasteiger partial charge in [-0.05, 0) is 41.8 Å². The van der Waals surface area contributed by atoms with E-state index in [1.165, 1.54) is 0 Å². The minimum absolute atomic E-state index is 0.0270. The van der Waals surface area contributed by atoms with E-state index in [4.69, 9.17) is 4.74 Å². The summed E-state index contributed by atoms with van der Waals surface area (Å²) in [6, 6.07) is 25.2. The number of carbonyl (C=O) groups excluding carboxylic acids is 2. The fourth-order valence-corrected chi connectivity index (χ4v) is 4.77. The van der Waals surface area contributed by atoms with Gasteiger partial charge in [0.25, 0.3) is 0 Å². The van der Waals surface area contributed by atoms with Crippen molar-refractivity contribution in [2.24, 2.45) is 0 Å². The molecule has 0 radical (unpaired) electrons. The molecule has 1 heterocycles. The lowest BCUT2D eigenvalue weighted by Crippen LogP contribution is -2.27. The Labute approximate surface area is 186 Å². The van der Waals surface area contributed by atoms with Crippen LogP contribution in [-0.2, 0) is 16.0 Å². The number of carbonyl (C=O) groups is 2. The summed E-state index contributed by atoms with van der Waals surface area (Å²) in [7, 11) is 1.61. The zero-order valence-corrected chi connectivity index (χ0v) is 18.1. The molecule has 0 spiro atoms. The van der Waals surface area contributed by atoms with E-state index in [0.29, 0.717) is 24.3 Å². The third-order valence-electron chi connectivity index (χ3n) is 5.14. The third-order valence-corrected chi connectivity index (χ3v) is 6.35. The van der Waals surface area contributed by atoms with Crippen molar-refractivity contribution in [3.05, 3.63) is 90.0 Å². The highest BCUT2D eigenvalue weighted by atomic mass is 32.2. The minimum atomic E-state index is -0.152. The van der Waals surface area contributed by atoms with Gasteiger partial charge in [0.15, 0.2) is 0 Å². The fraction of sp³-hybridized carbons (Fsp3) is 0.200. The molecule has 0 aromatic heterocycles. The van der Waals surface area contributed by atoms with E-state index >= 15 is 0 Å². The fourth-order valence-electron chi connectivity index (χ4n) is 3.61. The molecule has 4 rings (SSSR count). The zero-order chi connectivity index (χ0) is 21.6. The maximum Gasteiger partial charge on any atom is 0.238 e. The van der Waals surface area contributed by atoms with Crippen LogP contribution in [0, 0.1) is 0 Å². The summed E-state index contributed by atoms with van der Waals surface area (Å²) in [5.74, 6) is 1.15. The topological polar surface area (TPSA) is 58.6 Å². The highest BCUT2D eigenvalue weighted by Gasteiger charge is 2.34. The number of ether oxygens (including phenoxy) is 1. The first-order valence-electron chi connectivity index (χ1n) is 10.2. The third kappa shape index (κ3) is 5.09. The van der Waals surface area contributed by atoms with Crippen LogP contribution in [0.4, 0.5) is 11.4 Å². The van der Waals surface area contributed by atoms with Gasteiger partial charge in [0.1, 0.15) is 11.1 Å². The average Bonchev–Trinajstić information content (AvgIpc) is 3.20. The number of hydrogen-bond donors (Lipinski definition) is 1. The lowest BCUT2D eigenvalue weighted by atomic mass is 10.1. The summed E-state index contributed by atoms with van der Waals surface area (Å²) >= 11 is 1.58. The molecule has 0 saturated carbocycles. The van der Waals surface area contributed by atoms with Gasteiger partial charge in [0, 0.05) is 23.9 Å². The number of rotatable bonds is 7. The van der Waals surface area contributed by atoms with Crippen LogP contribution in [0.15, 0.2) is 78.9 Å². The van der Waals surface area contributed by atoms with Crippen molar-refractivity contribution in [3.63, 3.8) is 0 Å². The van der Waals surface area contributed by atoms with Crippen molar-refractivity contribution in [1.29, 1.82) is 0 Å². The molecule has 3 aromatic rings. The van der Waals surface area contributed by atoms with Crippen LogP contribution in [0.2, 0.25) is 0 Å². The Morgan fingerprint density at radius 1 is 1.06 bits per heavy atom. The molecule has 1 aliphatic heterocycles. The maximum atomic E-state index is 12.6. The van der Waals surface area contributed by atoms with Crippen molar-refractivity contribution in [2.45, 2.75) is 18.2 Å². The maximum absolute atomic E-state index is 12.6. The van der Waals surface area contributed by atoms with Crippen LogP contribution < -0.4 is 15.0 Å². The molecule has 1 atom stereocenters. The molecule has 1 saturated heterocycles. The molecular formula is C25H24N2O3S. The van der Waals surface area contributed by atoms with Crippen LogP contribution in [0.1, 0.15) is 22.9 Å². The van der Waals surface area contributed by atoms with Gasteiger partial charge in [0.2, 0.25) is 11.8 Å². The second kappa shape index (κ2) is 9.71. The second-order valence-corrected chi connectivity index (χ2v) is 8.36. The summed E-state index contributed by atoms with van der Waals surface area (Å²) in [5.41, 5.74) is 3.65. The standard InChI is InChI=1S/C25H24N2O3S/c1-30-22-12-6-11-21(16-22)27-24(29)17-31-25(27)19-9-5-10-20(15-19)26-23(28)14-13-18-7-3-2-4-8-18/h2-12,15-16,25H,13-14,17H2,1H3,(H,26,28). The van der Waals surface area contributed by atoms with Gasteiger partial charge in [-0.2, -0.15) is 0 Å². The number of nitrogens with one attached hydrogen (secondary N) is 1. The number of methoxy groups -OCH3 is 1. The van der Waals surface area contributed by atoms with Crippen molar-refractivity contribution in [1.82, 2.24) is 0 Å². The van der Waals surface area contributed by atoms with E-state index < -0.39 is 0 Å².